The highest BCUT2D eigenvalue weighted by atomic mass is 35.5. The number of carbonyl (C=O) groups excluding carboxylic acids is 1. The monoisotopic (exact) mass is 521 g/mol. The van der Waals surface area contributed by atoms with Gasteiger partial charge in [0, 0.05) is 24.3 Å². The normalized spacial score (nSPS) is 14.4. The van der Waals surface area contributed by atoms with Crippen molar-refractivity contribution < 1.29 is 18.7 Å². The highest BCUT2D eigenvalue weighted by Gasteiger charge is 2.33. The smallest absolute Gasteiger partial charge is 0.276 e. The topological polar surface area (TPSA) is 65.7 Å². The van der Waals surface area contributed by atoms with Crippen LogP contribution in [0, 0.1) is 12.7 Å². The van der Waals surface area contributed by atoms with Gasteiger partial charge in [-0.2, -0.15) is 0 Å². The van der Waals surface area contributed by atoms with Gasteiger partial charge in [0.2, 0.25) is 6.10 Å². The van der Waals surface area contributed by atoms with E-state index >= 15 is 0 Å². The van der Waals surface area contributed by atoms with Crippen molar-refractivity contribution >= 4 is 17.5 Å². The van der Waals surface area contributed by atoms with E-state index in [1.807, 2.05) is 43.3 Å². The third-order valence-electron chi connectivity index (χ3n) is 6.49. The van der Waals surface area contributed by atoms with E-state index in [0.29, 0.717) is 34.0 Å². The maximum Gasteiger partial charge on any atom is 0.276 e. The Hall–Kier alpha value is -4.04. The van der Waals surface area contributed by atoms with Gasteiger partial charge in [0.05, 0.1) is 17.8 Å². The molecule has 0 spiro atoms. The number of para-hydroxylation sites is 3. The number of hydrogen-bond donors (Lipinski definition) is 0. The summed E-state index contributed by atoms with van der Waals surface area (Å²) in [6.07, 6.45) is -0.922. The molecule has 3 aromatic carbocycles. The highest BCUT2D eigenvalue weighted by Crippen LogP contribution is 2.32. The zero-order chi connectivity index (χ0) is 26.1. The Morgan fingerprint density at radius 2 is 1.76 bits per heavy atom. The van der Waals surface area contributed by atoms with Gasteiger partial charge in [-0.15, -0.1) is 0 Å². The minimum absolute atomic E-state index is 0.00634. The molecular weight excluding hydrogens is 497 g/mol. The first-order valence-corrected chi connectivity index (χ1v) is 12.2. The molecule has 1 amide bonds. The summed E-state index contributed by atoms with van der Waals surface area (Å²) in [6, 6.07) is 20.4. The third kappa shape index (κ3) is 4.84. The first-order chi connectivity index (χ1) is 17.8. The minimum Gasteiger partial charge on any atom is -0.485 e. The molecule has 1 aromatic heterocycles. The van der Waals surface area contributed by atoms with Gasteiger partial charge in [-0.3, -0.25) is 14.3 Å². The van der Waals surface area contributed by atoms with Crippen LogP contribution in [-0.4, -0.2) is 32.9 Å². The van der Waals surface area contributed by atoms with Crippen LogP contribution in [0.1, 0.15) is 16.8 Å². The summed E-state index contributed by atoms with van der Waals surface area (Å²) < 4.78 is 28.7. The molecular formula is C28H25ClFN3O4. The zero-order valence-electron chi connectivity index (χ0n) is 20.4. The predicted octanol–water partition coefficient (Wildman–Crippen LogP) is 4.65. The molecule has 37 heavy (non-hydrogen) atoms. The van der Waals surface area contributed by atoms with Crippen molar-refractivity contribution in [3.8, 4) is 17.2 Å². The Morgan fingerprint density at radius 1 is 1.05 bits per heavy atom. The van der Waals surface area contributed by atoms with Crippen LogP contribution in [0.2, 0.25) is 5.02 Å². The van der Waals surface area contributed by atoms with Crippen LogP contribution < -0.4 is 15.0 Å². The van der Waals surface area contributed by atoms with Crippen LogP contribution >= 0.6 is 11.6 Å². The minimum atomic E-state index is -0.922. The molecule has 190 valence electrons. The van der Waals surface area contributed by atoms with Crippen LogP contribution in [0.15, 0.2) is 77.6 Å². The van der Waals surface area contributed by atoms with Crippen molar-refractivity contribution in [2.75, 3.05) is 6.61 Å². The van der Waals surface area contributed by atoms with Crippen molar-refractivity contribution in [3.63, 3.8) is 0 Å². The molecule has 1 aliphatic rings. The number of benzene rings is 3. The van der Waals surface area contributed by atoms with E-state index in [1.54, 1.807) is 34.6 Å². The van der Waals surface area contributed by atoms with E-state index in [-0.39, 0.29) is 36.2 Å². The number of hydrogen-bond acceptors (Lipinski definition) is 4. The second kappa shape index (κ2) is 10.1. The lowest BCUT2D eigenvalue weighted by Crippen LogP contribution is -2.46. The number of fused-ring (bicyclic) bond motifs is 1. The van der Waals surface area contributed by atoms with Gasteiger partial charge in [-0.25, -0.2) is 9.07 Å². The van der Waals surface area contributed by atoms with Crippen LogP contribution in [0.3, 0.4) is 0 Å². The van der Waals surface area contributed by atoms with Crippen LogP contribution in [0.5, 0.6) is 11.5 Å². The lowest BCUT2D eigenvalue weighted by Gasteiger charge is -2.31. The molecule has 0 aliphatic carbocycles. The zero-order valence-corrected chi connectivity index (χ0v) is 21.1. The number of nitrogens with zero attached hydrogens (tertiary/aromatic N) is 3. The van der Waals surface area contributed by atoms with Crippen LogP contribution in [-0.2, 0) is 24.9 Å². The predicted molar refractivity (Wildman–Crippen MR) is 138 cm³/mol. The second-order valence-corrected chi connectivity index (χ2v) is 9.24. The SMILES string of the molecule is Cc1c(CN(Cc2ccc(F)cc2Cl)C(=O)C2COc3ccccc3O2)c(=O)n(-c2ccccc2)n1C. The molecule has 4 aromatic rings. The van der Waals surface area contributed by atoms with Crippen molar-refractivity contribution in [1.29, 1.82) is 0 Å². The summed E-state index contributed by atoms with van der Waals surface area (Å²) in [5.74, 6) is 0.180. The summed E-state index contributed by atoms with van der Waals surface area (Å²) in [5, 5.41) is 0.190. The van der Waals surface area contributed by atoms with Gasteiger partial charge >= 0.3 is 0 Å². The molecule has 9 heteroatoms. The standard InChI is InChI=1S/C28H25ClFN3O4/c1-18-22(27(34)33(31(18)2)21-8-4-3-5-9-21)16-32(15-19-12-13-20(30)14-23(19)29)28(35)26-17-36-24-10-6-7-11-25(24)37-26/h3-14,26H,15-17H2,1-2H3. The van der Waals surface area contributed by atoms with Gasteiger partial charge in [0.25, 0.3) is 11.5 Å². The van der Waals surface area contributed by atoms with Crippen molar-refractivity contribution in [3.05, 3.63) is 111 Å². The average Bonchev–Trinajstić information content (AvgIpc) is 3.12. The summed E-state index contributed by atoms with van der Waals surface area (Å²) in [4.78, 5) is 28.8. The van der Waals surface area contributed by atoms with Crippen molar-refractivity contribution in [2.24, 2.45) is 7.05 Å². The Morgan fingerprint density at radius 3 is 2.49 bits per heavy atom. The Bertz CT molecular complexity index is 1520. The van der Waals surface area contributed by atoms with Crippen LogP contribution in [0.4, 0.5) is 4.39 Å². The number of carbonyl (C=O) groups is 1. The first-order valence-electron chi connectivity index (χ1n) is 11.8. The average molecular weight is 522 g/mol. The number of amides is 1. The molecule has 7 nitrogen and oxygen atoms in total. The number of halogens is 2. The molecule has 0 bridgehead atoms. The molecule has 2 heterocycles. The maximum absolute atomic E-state index is 13.8. The largest absolute Gasteiger partial charge is 0.485 e. The summed E-state index contributed by atoms with van der Waals surface area (Å²) in [6.45, 7) is 1.91. The third-order valence-corrected chi connectivity index (χ3v) is 6.85. The summed E-state index contributed by atoms with van der Waals surface area (Å²) in [5.41, 5.74) is 2.19. The fourth-order valence-electron chi connectivity index (χ4n) is 4.41. The van der Waals surface area contributed by atoms with E-state index in [4.69, 9.17) is 21.1 Å². The molecule has 0 fully saturated rings. The van der Waals surface area contributed by atoms with Crippen LogP contribution in [0.25, 0.3) is 5.69 Å². The van der Waals surface area contributed by atoms with E-state index in [2.05, 4.69) is 0 Å². The van der Waals surface area contributed by atoms with E-state index in [1.165, 1.54) is 23.1 Å². The van der Waals surface area contributed by atoms with E-state index < -0.39 is 11.9 Å². The van der Waals surface area contributed by atoms with Gasteiger partial charge in [-0.1, -0.05) is 48.0 Å². The Labute approximate surface area is 218 Å². The van der Waals surface area contributed by atoms with Crippen molar-refractivity contribution in [1.82, 2.24) is 14.3 Å². The Kier molecular flexibility index (Phi) is 6.76. The number of rotatable bonds is 6. The molecule has 1 atom stereocenters. The van der Waals surface area contributed by atoms with Gasteiger partial charge in [0.1, 0.15) is 12.4 Å². The summed E-state index contributed by atoms with van der Waals surface area (Å²) >= 11 is 6.30. The second-order valence-electron chi connectivity index (χ2n) is 8.83. The lowest BCUT2D eigenvalue weighted by molar-refractivity contribution is -0.142. The molecule has 0 N–H and O–H groups in total. The maximum atomic E-state index is 13.8. The quantitative estimate of drug-likeness (QED) is 0.370. The first kappa shape index (κ1) is 24.6. The fraction of sp³-hybridized carbons (Fsp3) is 0.214. The number of aromatic nitrogens is 2. The van der Waals surface area contributed by atoms with Gasteiger partial charge < -0.3 is 14.4 Å². The van der Waals surface area contributed by atoms with Gasteiger partial charge in [0.15, 0.2) is 11.5 Å². The van der Waals surface area contributed by atoms with Crippen molar-refractivity contribution in [2.45, 2.75) is 26.1 Å². The lowest BCUT2D eigenvalue weighted by atomic mass is 10.1. The highest BCUT2D eigenvalue weighted by molar-refractivity contribution is 6.31. The fourth-order valence-corrected chi connectivity index (χ4v) is 4.64. The summed E-state index contributed by atoms with van der Waals surface area (Å²) in [7, 11) is 1.80. The van der Waals surface area contributed by atoms with E-state index in [9.17, 15) is 14.0 Å². The Balaban J connectivity index is 1.51. The molecule has 1 aliphatic heterocycles. The molecule has 5 rings (SSSR count). The van der Waals surface area contributed by atoms with E-state index in [0.717, 1.165) is 0 Å². The number of ether oxygens (including phenoxy) is 2. The molecule has 1 unspecified atom stereocenters. The molecule has 0 saturated heterocycles. The van der Waals surface area contributed by atoms with Gasteiger partial charge in [-0.05, 0) is 48.9 Å². The molecule has 0 radical (unpaired) electrons. The molecule has 0 saturated carbocycles.